The number of ether oxygens (including phenoxy) is 1. The Morgan fingerprint density at radius 1 is 1.21 bits per heavy atom. The maximum absolute atomic E-state index is 5.51. The van der Waals surface area contributed by atoms with Crippen LogP contribution in [0.4, 0.5) is 0 Å². The van der Waals surface area contributed by atoms with Crippen LogP contribution in [0.1, 0.15) is 24.5 Å². The molecule has 0 aliphatic carbocycles. The lowest BCUT2D eigenvalue weighted by atomic mass is 10.1. The summed E-state index contributed by atoms with van der Waals surface area (Å²) in [6.07, 6.45) is 5.01. The van der Waals surface area contributed by atoms with Gasteiger partial charge in [-0.05, 0) is 30.5 Å². The number of hydrogen-bond acceptors (Lipinski definition) is 4. The molecule has 4 rings (SSSR count). The molecule has 0 saturated carbocycles. The van der Waals surface area contributed by atoms with E-state index in [2.05, 4.69) is 51.4 Å². The van der Waals surface area contributed by atoms with Crippen molar-refractivity contribution in [3.8, 4) is 0 Å². The third kappa shape index (κ3) is 5.36. The van der Waals surface area contributed by atoms with Gasteiger partial charge in [-0.1, -0.05) is 24.3 Å². The SMILES string of the molecule is CCNC(=NCc1cccc(Cn2cccn2)c1)N1CCC(N2CCOCC2)C1. The molecule has 0 spiro atoms. The number of nitrogens with one attached hydrogen (secondary N) is 1. The van der Waals surface area contributed by atoms with E-state index in [0.717, 1.165) is 58.4 Å². The van der Waals surface area contributed by atoms with Gasteiger partial charge in [0.15, 0.2) is 5.96 Å². The minimum atomic E-state index is 0.611. The molecule has 2 aliphatic heterocycles. The molecule has 29 heavy (non-hydrogen) atoms. The van der Waals surface area contributed by atoms with E-state index in [-0.39, 0.29) is 0 Å². The maximum Gasteiger partial charge on any atom is 0.194 e. The number of likely N-dealkylation sites (tertiary alicyclic amines) is 1. The van der Waals surface area contributed by atoms with Crippen LogP contribution in [0, 0.1) is 0 Å². The minimum absolute atomic E-state index is 0.611. The first-order chi connectivity index (χ1) is 14.3. The number of guanidine groups is 1. The average Bonchev–Trinajstić information content (AvgIpc) is 3.44. The van der Waals surface area contributed by atoms with Crippen LogP contribution < -0.4 is 5.32 Å². The van der Waals surface area contributed by atoms with Crippen LogP contribution in [-0.4, -0.2) is 77.5 Å². The largest absolute Gasteiger partial charge is 0.379 e. The smallest absolute Gasteiger partial charge is 0.194 e. The highest BCUT2D eigenvalue weighted by molar-refractivity contribution is 5.80. The van der Waals surface area contributed by atoms with Gasteiger partial charge in [0.05, 0.1) is 26.3 Å². The van der Waals surface area contributed by atoms with Crippen molar-refractivity contribution in [3.05, 3.63) is 53.9 Å². The number of benzene rings is 1. The van der Waals surface area contributed by atoms with Crippen LogP contribution in [0.5, 0.6) is 0 Å². The Labute approximate surface area is 173 Å². The quantitative estimate of drug-likeness (QED) is 0.596. The van der Waals surface area contributed by atoms with Crippen molar-refractivity contribution in [2.75, 3.05) is 45.9 Å². The number of rotatable bonds is 6. The molecule has 0 amide bonds. The van der Waals surface area contributed by atoms with E-state index in [1.54, 1.807) is 0 Å². The number of aromatic nitrogens is 2. The number of hydrogen-bond donors (Lipinski definition) is 1. The van der Waals surface area contributed by atoms with Crippen molar-refractivity contribution in [1.82, 2.24) is 24.9 Å². The van der Waals surface area contributed by atoms with Crippen molar-refractivity contribution in [2.45, 2.75) is 32.5 Å². The van der Waals surface area contributed by atoms with E-state index in [1.807, 2.05) is 23.1 Å². The molecule has 156 valence electrons. The molecule has 1 atom stereocenters. The summed E-state index contributed by atoms with van der Waals surface area (Å²) >= 11 is 0. The predicted molar refractivity (Wildman–Crippen MR) is 115 cm³/mol. The third-order valence-corrected chi connectivity index (χ3v) is 5.67. The van der Waals surface area contributed by atoms with E-state index in [1.165, 1.54) is 17.5 Å². The molecule has 2 saturated heterocycles. The first kappa shape index (κ1) is 19.9. The zero-order valence-electron chi connectivity index (χ0n) is 17.3. The fourth-order valence-corrected chi connectivity index (χ4v) is 4.17. The lowest BCUT2D eigenvalue weighted by Gasteiger charge is -2.32. The molecule has 0 bridgehead atoms. The van der Waals surface area contributed by atoms with Crippen LogP contribution in [-0.2, 0) is 17.8 Å². The molecule has 1 aromatic carbocycles. The second-order valence-corrected chi connectivity index (χ2v) is 7.73. The highest BCUT2D eigenvalue weighted by atomic mass is 16.5. The monoisotopic (exact) mass is 396 g/mol. The standard InChI is InChI=1S/C22H32N6O/c1-2-23-22(27-10-7-21(18-27)26-11-13-29-14-12-26)24-16-19-5-3-6-20(15-19)17-28-9-4-8-25-28/h3-6,8-9,15,21H,2,7,10-14,16-18H2,1H3,(H,23,24). The van der Waals surface area contributed by atoms with Gasteiger partial charge < -0.3 is 15.0 Å². The van der Waals surface area contributed by atoms with Crippen LogP contribution in [0.15, 0.2) is 47.7 Å². The predicted octanol–water partition coefficient (Wildman–Crippen LogP) is 1.80. The Bertz CT molecular complexity index is 784. The van der Waals surface area contributed by atoms with Crippen molar-refractivity contribution < 1.29 is 4.74 Å². The summed E-state index contributed by atoms with van der Waals surface area (Å²) in [5, 5.41) is 7.79. The molecule has 1 N–H and O–H groups in total. The van der Waals surface area contributed by atoms with E-state index in [9.17, 15) is 0 Å². The fraction of sp³-hybridized carbons (Fsp3) is 0.545. The summed E-state index contributed by atoms with van der Waals surface area (Å²) in [5.41, 5.74) is 2.48. The summed E-state index contributed by atoms with van der Waals surface area (Å²) in [6, 6.07) is 11.2. The number of nitrogens with zero attached hydrogens (tertiary/aromatic N) is 5. The van der Waals surface area contributed by atoms with Crippen LogP contribution in [0.2, 0.25) is 0 Å². The fourth-order valence-electron chi connectivity index (χ4n) is 4.17. The van der Waals surface area contributed by atoms with Crippen molar-refractivity contribution in [2.24, 2.45) is 4.99 Å². The van der Waals surface area contributed by atoms with Crippen LogP contribution >= 0.6 is 0 Å². The second-order valence-electron chi connectivity index (χ2n) is 7.73. The van der Waals surface area contributed by atoms with Gasteiger partial charge in [0.1, 0.15) is 0 Å². The van der Waals surface area contributed by atoms with E-state index >= 15 is 0 Å². The molecule has 2 aromatic rings. The molecular weight excluding hydrogens is 364 g/mol. The Morgan fingerprint density at radius 3 is 2.86 bits per heavy atom. The van der Waals surface area contributed by atoms with Gasteiger partial charge in [0.2, 0.25) is 0 Å². The van der Waals surface area contributed by atoms with Crippen LogP contribution in [0.25, 0.3) is 0 Å². The summed E-state index contributed by atoms with van der Waals surface area (Å²) in [4.78, 5) is 9.94. The second kappa shape index (κ2) is 9.89. The highest BCUT2D eigenvalue weighted by Gasteiger charge is 2.30. The van der Waals surface area contributed by atoms with E-state index in [4.69, 9.17) is 9.73 Å². The Balaban J connectivity index is 1.38. The molecule has 1 unspecified atom stereocenters. The van der Waals surface area contributed by atoms with Crippen LogP contribution in [0.3, 0.4) is 0 Å². The van der Waals surface area contributed by atoms with Gasteiger partial charge >= 0.3 is 0 Å². The minimum Gasteiger partial charge on any atom is -0.379 e. The van der Waals surface area contributed by atoms with Gasteiger partial charge in [-0.3, -0.25) is 9.58 Å². The zero-order valence-corrected chi connectivity index (χ0v) is 17.3. The van der Waals surface area contributed by atoms with Crippen molar-refractivity contribution >= 4 is 5.96 Å². The van der Waals surface area contributed by atoms with Gasteiger partial charge in [-0.15, -0.1) is 0 Å². The van der Waals surface area contributed by atoms with Crippen molar-refractivity contribution in [1.29, 1.82) is 0 Å². The number of morpholine rings is 1. The van der Waals surface area contributed by atoms with Gasteiger partial charge in [-0.2, -0.15) is 5.10 Å². The Hall–Kier alpha value is -2.38. The molecule has 0 radical (unpaired) electrons. The average molecular weight is 397 g/mol. The van der Waals surface area contributed by atoms with Gasteiger partial charge in [0.25, 0.3) is 0 Å². The molecule has 2 aliphatic rings. The van der Waals surface area contributed by atoms with E-state index < -0.39 is 0 Å². The summed E-state index contributed by atoms with van der Waals surface area (Å²) < 4.78 is 7.45. The maximum atomic E-state index is 5.51. The first-order valence-electron chi connectivity index (χ1n) is 10.7. The number of aliphatic imine (C=N–C) groups is 1. The highest BCUT2D eigenvalue weighted by Crippen LogP contribution is 2.17. The first-order valence-corrected chi connectivity index (χ1v) is 10.7. The molecule has 7 nitrogen and oxygen atoms in total. The summed E-state index contributed by atoms with van der Waals surface area (Å²) in [6.45, 7) is 10.4. The molecule has 2 fully saturated rings. The molecule has 7 heteroatoms. The molecular formula is C22H32N6O. The van der Waals surface area contributed by atoms with E-state index in [0.29, 0.717) is 12.6 Å². The summed E-state index contributed by atoms with van der Waals surface area (Å²) in [7, 11) is 0. The lowest BCUT2D eigenvalue weighted by Crippen LogP contribution is -2.46. The Morgan fingerprint density at radius 2 is 2.07 bits per heavy atom. The lowest BCUT2D eigenvalue weighted by molar-refractivity contribution is 0.0195. The Kier molecular flexibility index (Phi) is 6.79. The molecule has 1 aromatic heterocycles. The normalized spacial score (nSPS) is 20.9. The topological polar surface area (TPSA) is 57.9 Å². The van der Waals surface area contributed by atoms with Crippen molar-refractivity contribution in [3.63, 3.8) is 0 Å². The summed E-state index contributed by atoms with van der Waals surface area (Å²) in [5.74, 6) is 1.03. The molecule has 3 heterocycles. The van der Waals surface area contributed by atoms with Gasteiger partial charge in [0, 0.05) is 51.2 Å². The third-order valence-electron chi connectivity index (χ3n) is 5.67. The zero-order chi connectivity index (χ0) is 19.9. The van der Waals surface area contributed by atoms with Gasteiger partial charge in [-0.25, -0.2) is 4.99 Å².